The van der Waals surface area contributed by atoms with E-state index in [0.29, 0.717) is 11.8 Å². The molecule has 3 aromatic rings. The summed E-state index contributed by atoms with van der Waals surface area (Å²) >= 11 is 1.84. The molecule has 0 aliphatic carbocycles. The Morgan fingerprint density at radius 1 is 1.03 bits per heavy atom. The van der Waals surface area contributed by atoms with Gasteiger partial charge in [-0.2, -0.15) is 0 Å². The van der Waals surface area contributed by atoms with Crippen molar-refractivity contribution in [3.8, 4) is 0 Å². The molecule has 1 aromatic heterocycles. The van der Waals surface area contributed by atoms with E-state index in [4.69, 9.17) is 4.98 Å². The number of hydrogen-bond acceptors (Lipinski definition) is 4. The highest BCUT2D eigenvalue weighted by molar-refractivity contribution is 7.99. The maximum absolute atomic E-state index is 14.4. The van der Waals surface area contributed by atoms with Crippen molar-refractivity contribution in [3.05, 3.63) is 95.2 Å². The van der Waals surface area contributed by atoms with Crippen LogP contribution < -0.4 is 5.32 Å². The molecule has 180 valence electrons. The number of aryl methyl sites for hydroxylation is 1. The van der Waals surface area contributed by atoms with Crippen LogP contribution in [-0.2, 0) is 10.2 Å². The number of likely N-dealkylation sites (tertiary alicyclic amines) is 1. The summed E-state index contributed by atoms with van der Waals surface area (Å²) in [5.74, 6) is 1.76. The molecule has 3 aliphatic heterocycles. The number of amides is 1. The lowest BCUT2D eigenvalue weighted by atomic mass is 9.69. The number of nitrogens with one attached hydrogen (secondary N) is 1. The number of thioether (sulfide) groups is 1. The summed E-state index contributed by atoms with van der Waals surface area (Å²) in [6.07, 6.45) is 3.01. The van der Waals surface area contributed by atoms with Crippen LogP contribution in [0.4, 0.5) is 0 Å². The van der Waals surface area contributed by atoms with Gasteiger partial charge in [-0.05, 0) is 54.9 Å². The molecule has 4 nitrogen and oxygen atoms in total. The first-order chi connectivity index (χ1) is 17.2. The Hall–Kier alpha value is -2.63. The molecule has 1 N–H and O–H groups in total. The van der Waals surface area contributed by atoms with E-state index in [9.17, 15) is 4.79 Å². The van der Waals surface area contributed by atoms with Crippen molar-refractivity contribution < 1.29 is 4.79 Å². The van der Waals surface area contributed by atoms with E-state index in [1.165, 1.54) is 16.7 Å². The van der Waals surface area contributed by atoms with E-state index in [1.807, 2.05) is 11.8 Å². The van der Waals surface area contributed by atoms with Crippen LogP contribution in [0.2, 0.25) is 0 Å². The topological polar surface area (TPSA) is 45.2 Å². The zero-order valence-corrected chi connectivity index (χ0v) is 21.1. The third-order valence-electron chi connectivity index (χ3n) is 8.42. The molecule has 0 unspecified atom stereocenters. The van der Waals surface area contributed by atoms with Crippen molar-refractivity contribution in [3.63, 3.8) is 0 Å². The standard InChI is InChI=1S/C30H33N3OS/c1-21-12-13-25-28(32-21)35-17-15-30(25)20-31-19-26(30)29(34)33-16-14-24(22-8-4-2-5-9-22)18-27(33)23-10-6-3-7-11-23/h2-13,24,26-27,31H,14-20H2,1H3/t24-,26+,27+,30+/m1/s1. The molecular formula is C30H33N3OS. The SMILES string of the molecule is Cc1ccc2c(n1)SCC[C@]21CNC[C@H]1C(=O)N1CC[C@@H](c2ccccc2)C[C@H]1c1ccccc1. The van der Waals surface area contributed by atoms with E-state index in [-0.39, 0.29) is 17.4 Å². The fourth-order valence-electron chi connectivity index (χ4n) is 6.56. The number of benzene rings is 2. The first-order valence-electron chi connectivity index (χ1n) is 12.9. The minimum absolute atomic E-state index is 0.0499. The molecule has 1 spiro atoms. The molecule has 4 heterocycles. The van der Waals surface area contributed by atoms with Crippen LogP contribution in [0, 0.1) is 12.8 Å². The summed E-state index contributed by atoms with van der Waals surface area (Å²) in [4.78, 5) is 21.5. The molecule has 2 fully saturated rings. The zero-order chi connectivity index (χ0) is 23.8. The Balaban J connectivity index is 1.34. The van der Waals surface area contributed by atoms with Crippen LogP contribution >= 0.6 is 11.8 Å². The molecule has 35 heavy (non-hydrogen) atoms. The summed E-state index contributed by atoms with van der Waals surface area (Å²) in [5.41, 5.74) is 4.81. The highest BCUT2D eigenvalue weighted by Gasteiger charge is 2.52. The molecule has 2 aromatic carbocycles. The van der Waals surface area contributed by atoms with Crippen molar-refractivity contribution in [2.75, 3.05) is 25.4 Å². The fraction of sp³-hybridized carbons (Fsp3) is 0.400. The Labute approximate surface area is 212 Å². The zero-order valence-electron chi connectivity index (χ0n) is 20.3. The third-order valence-corrected chi connectivity index (χ3v) is 9.41. The van der Waals surface area contributed by atoms with Crippen molar-refractivity contribution in [2.45, 2.75) is 48.6 Å². The maximum Gasteiger partial charge on any atom is 0.228 e. The maximum atomic E-state index is 14.4. The number of nitrogens with zero attached hydrogens (tertiary/aromatic N) is 2. The fourth-order valence-corrected chi connectivity index (χ4v) is 7.86. The van der Waals surface area contributed by atoms with Gasteiger partial charge in [0.25, 0.3) is 0 Å². The molecule has 0 bridgehead atoms. The van der Waals surface area contributed by atoms with Gasteiger partial charge in [-0.1, -0.05) is 66.7 Å². The predicted molar refractivity (Wildman–Crippen MR) is 142 cm³/mol. The Morgan fingerprint density at radius 2 is 1.77 bits per heavy atom. The first-order valence-corrected chi connectivity index (χ1v) is 13.9. The molecular weight excluding hydrogens is 450 g/mol. The Morgan fingerprint density at radius 3 is 2.54 bits per heavy atom. The van der Waals surface area contributed by atoms with Crippen LogP contribution in [0.3, 0.4) is 0 Å². The van der Waals surface area contributed by atoms with Gasteiger partial charge in [0.1, 0.15) is 5.03 Å². The van der Waals surface area contributed by atoms with Crippen molar-refractivity contribution in [1.29, 1.82) is 0 Å². The molecule has 1 amide bonds. The van der Waals surface area contributed by atoms with Gasteiger partial charge in [-0.25, -0.2) is 4.98 Å². The number of rotatable bonds is 3. The van der Waals surface area contributed by atoms with E-state index >= 15 is 0 Å². The lowest BCUT2D eigenvalue weighted by Crippen LogP contribution is -2.50. The lowest BCUT2D eigenvalue weighted by Gasteiger charge is -2.45. The van der Waals surface area contributed by atoms with Crippen LogP contribution in [0.15, 0.2) is 77.8 Å². The summed E-state index contributed by atoms with van der Waals surface area (Å²) < 4.78 is 0. The van der Waals surface area contributed by atoms with Crippen molar-refractivity contribution in [2.24, 2.45) is 5.92 Å². The van der Waals surface area contributed by atoms with E-state index < -0.39 is 0 Å². The molecule has 3 aliphatic rings. The second-order valence-electron chi connectivity index (χ2n) is 10.3. The smallest absolute Gasteiger partial charge is 0.228 e. The van der Waals surface area contributed by atoms with Gasteiger partial charge in [0.15, 0.2) is 0 Å². The van der Waals surface area contributed by atoms with Gasteiger partial charge in [-0.3, -0.25) is 4.79 Å². The van der Waals surface area contributed by atoms with E-state index in [1.54, 1.807) is 0 Å². The van der Waals surface area contributed by atoms with Crippen LogP contribution in [0.5, 0.6) is 0 Å². The normalized spacial score (nSPS) is 28.1. The van der Waals surface area contributed by atoms with E-state index in [0.717, 1.165) is 55.4 Å². The Bertz CT molecular complexity index is 1200. The average molecular weight is 484 g/mol. The number of pyridine rings is 1. The number of piperidine rings is 1. The quantitative estimate of drug-likeness (QED) is 0.535. The number of fused-ring (bicyclic) bond motifs is 2. The van der Waals surface area contributed by atoms with Gasteiger partial charge in [0.2, 0.25) is 5.91 Å². The molecule has 5 heteroatoms. The molecule has 4 atom stereocenters. The number of carbonyl (C=O) groups excluding carboxylic acids is 1. The molecule has 2 saturated heterocycles. The van der Waals surface area contributed by atoms with E-state index in [2.05, 4.69) is 89.9 Å². The predicted octanol–water partition coefficient (Wildman–Crippen LogP) is 5.49. The van der Waals surface area contributed by atoms with Gasteiger partial charge in [0, 0.05) is 36.5 Å². The minimum Gasteiger partial charge on any atom is -0.335 e. The van der Waals surface area contributed by atoms with Gasteiger partial charge < -0.3 is 10.2 Å². The molecule has 6 rings (SSSR count). The summed E-state index contributed by atoms with van der Waals surface area (Å²) in [5, 5.41) is 4.74. The van der Waals surface area contributed by atoms with Gasteiger partial charge in [-0.15, -0.1) is 11.8 Å². The first kappa shape index (κ1) is 22.8. The summed E-state index contributed by atoms with van der Waals surface area (Å²) in [6, 6.07) is 26.0. The summed E-state index contributed by atoms with van der Waals surface area (Å²) in [6.45, 7) is 4.46. The monoisotopic (exact) mass is 483 g/mol. The Kier molecular flexibility index (Phi) is 6.15. The van der Waals surface area contributed by atoms with Gasteiger partial charge in [0.05, 0.1) is 12.0 Å². The molecule has 0 radical (unpaired) electrons. The highest BCUT2D eigenvalue weighted by atomic mass is 32.2. The number of aromatic nitrogens is 1. The summed E-state index contributed by atoms with van der Waals surface area (Å²) in [7, 11) is 0. The number of carbonyl (C=O) groups is 1. The van der Waals surface area contributed by atoms with Crippen LogP contribution in [0.25, 0.3) is 0 Å². The third kappa shape index (κ3) is 4.09. The minimum atomic E-state index is -0.157. The lowest BCUT2D eigenvalue weighted by molar-refractivity contribution is -0.141. The van der Waals surface area contributed by atoms with Gasteiger partial charge >= 0.3 is 0 Å². The second-order valence-corrected chi connectivity index (χ2v) is 11.4. The highest BCUT2D eigenvalue weighted by Crippen LogP contribution is 2.49. The second kappa shape index (κ2) is 9.44. The van der Waals surface area contributed by atoms with Crippen LogP contribution in [0.1, 0.15) is 53.6 Å². The number of hydrogen-bond donors (Lipinski definition) is 1. The van der Waals surface area contributed by atoms with Crippen LogP contribution in [-0.4, -0.2) is 41.2 Å². The largest absolute Gasteiger partial charge is 0.335 e. The molecule has 0 saturated carbocycles. The average Bonchev–Trinajstić information content (AvgIpc) is 3.32. The van der Waals surface area contributed by atoms with Crippen molar-refractivity contribution >= 4 is 17.7 Å². The van der Waals surface area contributed by atoms with Crippen molar-refractivity contribution in [1.82, 2.24) is 15.2 Å².